The van der Waals surface area contributed by atoms with Gasteiger partial charge >= 0.3 is 5.97 Å². The van der Waals surface area contributed by atoms with Gasteiger partial charge in [0.15, 0.2) is 0 Å². The van der Waals surface area contributed by atoms with Crippen molar-refractivity contribution in [3.05, 3.63) is 0 Å². The highest BCUT2D eigenvalue weighted by Crippen LogP contribution is 2.57. The topological polar surface area (TPSA) is 37.3 Å². The Balaban J connectivity index is 2.28. The molecule has 2 heteroatoms. The molecule has 0 heterocycles. The summed E-state index contributed by atoms with van der Waals surface area (Å²) >= 11 is 0. The molecule has 2 fully saturated rings. The molecule has 2 nitrogen and oxygen atoms in total. The largest absolute Gasteiger partial charge is 0.481 e. The smallest absolute Gasteiger partial charge is 0.307 e. The molecule has 11 heavy (non-hydrogen) atoms. The fourth-order valence-electron chi connectivity index (χ4n) is 3.01. The summed E-state index contributed by atoms with van der Waals surface area (Å²) in [4.78, 5) is 10.9. The lowest BCUT2D eigenvalue weighted by atomic mass is 9.81. The minimum atomic E-state index is -0.562. The predicted molar refractivity (Wildman–Crippen MR) is 41.2 cm³/mol. The highest BCUT2D eigenvalue weighted by molar-refractivity contribution is 5.72. The fourth-order valence-corrected chi connectivity index (χ4v) is 3.01. The van der Waals surface area contributed by atoms with Crippen LogP contribution in [0.5, 0.6) is 0 Å². The highest BCUT2D eigenvalue weighted by Gasteiger charge is 2.53. The third-order valence-corrected chi connectivity index (χ3v) is 3.66. The van der Waals surface area contributed by atoms with Crippen molar-refractivity contribution in [2.75, 3.05) is 0 Å². The van der Waals surface area contributed by atoms with Crippen LogP contribution in [0.1, 0.15) is 32.6 Å². The SMILES string of the molecule is CC12CCC(CC1)C2C(=O)O. The molecule has 0 aliphatic heterocycles. The van der Waals surface area contributed by atoms with Gasteiger partial charge in [-0.25, -0.2) is 0 Å². The average Bonchev–Trinajstić information content (AvgIpc) is 2.39. The predicted octanol–water partition coefficient (Wildman–Crippen LogP) is 1.90. The lowest BCUT2D eigenvalue weighted by Gasteiger charge is -2.23. The number of carboxylic acid groups (broad SMARTS) is 1. The Hall–Kier alpha value is -0.530. The van der Waals surface area contributed by atoms with E-state index in [-0.39, 0.29) is 11.3 Å². The summed E-state index contributed by atoms with van der Waals surface area (Å²) in [5, 5.41) is 8.96. The molecule has 0 amide bonds. The Morgan fingerprint density at radius 1 is 1.45 bits per heavy atom. The van der Waals surface area contributed by atoms with Gasteiger partial charge in [-0.05, 0) is 37.0 Å². The van der Waals surface area contributed by atoms with Crippen LogP contribution < -0.4 is 0 Å². The third-order valence-electron chi connectivity index (χ3n) is 3.66. The van der Waals surface area contributed by atoms with Crippen molar-refractivity contribution >= 4 is 5.97 Å². The van der Waals surface area contributed by atoms with Crippen LogP contribution in [0.25, 0.3) is 0 Å². The van der Waals surface area contributed by atoms with Crippen molar-refractivity contribution < 1.29 is 9.90 Å². The molecule has 0 aromatic carbocycles. The number of rotatable bonds is 1. The molecule has 62 valence electrons. The van der Waals surface area contributed by atoms with E-state index in [9.17, 15) is 4.79 Å². The van der Waals surface area contributed by atoms with E-state index in [1.807, 2.05) is 0 Å². The van der Waals surface area contributed by atoms with Crippen LogP contribution in [0.2, 0.25) is 0 Å². The van der Waals surface area contributed by atoms with Crippen LogP contribution in [0, 0.1) is 17.3 Å². The van der Waals surface area contributed by atoms with Crippen molar-refractivity contribution in [3.63, 3.8) is 0 Å². The van der Waals surface area contributed by atoms with Crippen LogP contribution in [0.4, 0.5) is 0 Å². The quantitative estimate of drug-likeness (QED) is 0.626. The first-order valence-corrected chi connectivity index (χ1v) is 4.36. The van der Waals surface area contributed by atoms with Gasteiger partial charge in [-0.1, -0.05) is 6.92 Å². The van der Waals surface area contributed by atoms with E-state index in [0.29, 0.717) is 5.92 Å². The second kappa shape index (κ2) is 1.99. The van der Waals surface area contributed by atoms with Gasteiger partial charge in [0.2, 0.25) is 0 Å². The van der Waals surface area contributed by atoms with Gasteiger partial charge in [0.25, 0.3) is 0 Å². The normalized spacial score (nSPS) is 48.1. The fraction of sp³-hybridized carbons (Fsp3) is 0.889. The number of aliphatic carboxylic acids is 1. The second-order valence-electron chi connectivity index (χ2n) is 4.31. The first-order chi connectivity index (χ1) is 5.13. The Morgan fingerprint density at radius 3 is 2.18 bits per heavy atom. The maximum absolute atomic E-state index is 10.9. The number of carboxylic acids is 1. The zero-order valence-corrected chi connectivity index (χ0v) is 6.84. The standard InChI is InChI=1S/C9H14O2/c1-9-4-2-6(3-5-9)7(9)8(10)11/h6-7H,2-5H2,1H3,(H,10,11). The van der Waals surface area contributed by atoms with E-state index in [1.54, 1.807) is 0 Å². The van der Waals surface area contributed by atoms with Gasteiger partial charge < -0.3 is 5.11 Å². The first kappa shape index (κ1) is 7.14. The average molecular weight is 154 g/mol. The number of hydrogen-bond donors (Lipinski definition) is 1. The summed E-state index contributed by atoms with van der Waals surface area (Å²) in [5.41, 5.74) is 0.149. The molecule has 0 saturated heterocycles. The monoisotopic (exact) mass is 154 g/mol. The lowest BCUT2D eigenvalue weighted by Crippen LogP contribution is -2.25. The highest BCUT2D eigenvalue weighted by atomic mass is 16.4. The minimum Gasteiger partial charge on any atom is -0.481 e. The van der Waals surface area contributed by atoms with Gasteiger partial charge in [0.1, 0.15) is 0 Å². The van der Waals surface area contributed by atoms with E-state index in [4.69, 9.17) is 5.11 Å². The van der Waals surface area contributed by atoms with E-state index < -0.39 is 5.97 Å². The summed E-state index contributed by atoms with van der Waals surface area (Å²) in [6.07, 6.45) is 4.56. The molecule has 0 radical (unpaired) electrons. The Labute approximate surface area is 66.6 Å². The summed E-state index contributed by atoms with van der Waals surface area (Å²) in [7, 11) is 0. The zero-order chi connectivity index (χ0) is 8.06. The molecule has 2 aliphatic carbocycles. The van der Waals surface area contributed by atoms with Gasteiger partial charge in [-0.2, -0.15) is 0 Å². The van der Waals surface area contributed by atoms with Crippen LogP contribution in [0.3, 0.4) is 0 Å². The number of carbonyl (C=O) groups is 1. The van der Waals surface area contributed by atoms with Gasteiger partial charge in [0, 0.05) is 0 Å². The summed E-state index contributed by atoms with van der Waals surface area (Å²) < 4.78 is 0. The number of hydrogen-bond acceptors (Lipinski definition) is 1. The third kappa shape index (κ3) is 0.815. The zero-order valence-electron chi connectivity index (χ0n) is 6.84. The summed E-state index contributed by atoms with van der Waals surface area (Å²) in [6.45, 7) is 2.14. The molecule has 0 aromatic rings. The van der Waals surface area contributed by atoms with E-state index in [2.05, 4.69) is 6.92 Å². The molecule has 2 saturated carbocycles. The van der Waals surface area contributed by atoms with Crippen LogP contribution >= 0.6 is 0 Å². The van der Waals surface area contributed by atoms with E-state index >= 15 is 0 Å². The van der Waals surface area contributed by atoms with E-state index in [0.717, 1.165) is 25.7 Å². The molecular weight excluding hydrogens is 140 g/mol. The molecule has 0 spiro atoms. The summed E-state index contributed by atoms with van der Waals surface area (Å²) in [5.74, 6) is -0.0903. The molecule has 2 aliphatic rings. The molecule has 0 aromatic heterocycles. The maximum Gasteiger partial charge on any atom is 0.307 e. The van der Waals surface area contributed by atoms with Crippen LogP contribution in [-0.4, -0.2) is 11.1 Å². The first-order valence-electron chi connectivity index (χ1n) is 4.36. The lowest BCUT2D eigenvalue weighted by molar-refractivity contribution is -0.145. The Morgan fingerprint density at radius 2 is 2.00 bits per heavy atom. The van der Waals surface area contributed by atoms with Gasteiger partial charge in [0.05, 0.1) is 5.92 Å². The molecule has 2 rings (SSSR count). The number of fused-ring (bicyclic) bond motifs is 2. The maximum atomic E-state index is 10.9. The molecular formula is C9H14O2. The van der Waals surface area contributed by atoms with Crippen LogP contribution in [-0.2, 0) is 4.79 Å². The van der Waals surface area contributed by atoms with Crippen molar-refractivity contribution in [2.24, 2.45) is 17.3 Å². The minimum absolute atomic E-state index is 0.0255. The van der Waals surface area contributed by atoms with Crippen molar-refractivity contribution in [1.29, 1.82) is 0 Å². The van der Waals surface area contributed by atoms with Gasteiger partial charge in [-0.3, -0.25) is 4.79 Å². The van der Waals surface area contributed by atoms with Gasteiger partial charge in [-0.15, -0.1) is 0 Å². The van der Waals surface area contributed by atoms with Crippen molar-refractivity contribution in [2.45, 2.75) is 32.6 Å². The van der Waals surface area contributed by atoms with Crippen molar-refractivity contribution in [3.8, 4) is 0 Å². The van der Waals surface area contributed by atoms with E-state index in [1.165, 1.54) is 0 Å². The van der Waals surface area contributed by atoms with Crippen molar-refractivity contribution in [1.82, 2.24) is 0 Å². The summed E-state index contributed by atoms with van der Waals surface area (Å²) in [6, 6.07) is 0. The second-order valence-corrected chi connectivity index (χ2v) is 4.31. The van der Waals surface area contributed by atoms with Crippen LogP contribution in [0.15, 0.2) is 0 Å². The molecule has 2 bridgehead atoms. The Kier molecular flexibility index (Phi) is 1.29. The molecule has 1 unspecified atom stereocenters. The molecule has 1 N–H and O–H groups in total. The Bertz CT molecular complexity index is 190. The molecule has 1 atom stereocenters.